The highest BCUT2D eigenvalue weighted by Gasteiger charge is 2.12. The Kier molecular flexibility index (Phi) is 4.03. The fourth-order valence-electron chi connectivity index (χ4n) is 1.30. The van der Waals surface area contributed by atoms with Gasteiger partial charge in [-0.2, -0.15) is 4.98 Å². The molecular formula is C11H9BrN2O3S. The summed E-state index contributed by atoms with van der Waals surface area (Å²) in [5.41, 5.74) is 1.93. The van der Waals surface area contributed by atoms with Crippen LogP contribution in [0.3, 0.4) is 0 Å². The third-order valence-electron chi connectivity index (χ3n) is 2.09. The van der Waals surface area contributed by atoms with Crippen LogP contribution in [0.1, 0.15) is 5.56 Å². The lowest BCUT2D eigenvalue weighted by molar-refractivity contribution is -0.133. The van der Waals surface area contributed by atoms with Crippen molar-refractivity contribution in [2.75, 3.05) is 5.75 Å². The van der Waals surface area contributed by atoms with Crippen molar-refractivity contribution in [3.63, 3.8) is 0 Å². The molecule has 2 aromatic rings. The summed E-state index contributed by atoms with van der Waals surface area (Å²) < 4.78 is 5.85. The maximum Gasteiger partial charge on any atom is 0.314 e. The van der Waals surface area contributed by atoms with E-state index in [0.717, 1.165) is 27.4 Å². The van der Waals surface area contributed by atoms with Gasteiger partial charge in [0.2, 0.25) is 5.82 Å². The normalized spacial score (nSPS) is 10.6. The summed E-state index contributed by atoms with van der Waals surface area (Å²) in [6.45, 7) is 1.99. The molecule has 0 unspecified atom stereocenters. The Morgan fingerprint density at radius 1 is 1.56 bits per heavy atom. The number of rotatable bonds is 4. The molecule has 5 nitrogen and oxygen atoms in total. The number of thioether (sulfide) groups is 1. The molecule has 0 amide bonds. The van der Waals surface area contributed by atoms with Gasteiger partial charge in [0, 0.05) is 10.0 Å². The van der Waals surface area contributed by atoms with Gasteiger partial charge in [-0.05, 0) is 24.6 Å². The van der Waals surface area contributed by atoms with Crippen LogP contribution in [0.5, 0.6) is 0 Å². The Hall–Kier alpha value is -1.34. The minimum absolute atomic E-state index is 0.100. The average molecular weight is 329 g/mol. The van der Waals surface area contributed by atoms with E-state index in [-0.39, 0.29) is 11.0 Å². The second kappa shape index (κ2) is 5.53. The lowest BCUT2D eigenvalue weighted by Crippen LogP contribution is -1.97. The number of carbonyl (C=O) groups is 1. The molecule has 0 saturated carbocycles. The number of carboxylic acid groups (broad SMARTS) is 1. The Balaban J connectivity index is 2.21. The van der Waals surface area contributed by atoms with Gasteiger partial charge in [0.1, 0.15) is 5.75 Å². The number of halogens is 1. The monoisotopic (exact) mass is 328 g/mol. The summed E-state index contributed by atoms with van der Waals surface area (Å²) in [6, 6.07) is 5.78. The van der Waals surface area contributed by atoms with Gasteiger partial charge < -0.3 is 9.63 Å². The van der Waals surface area contributed by atoms with E-state index in [2.05, 4.69) is 26.1 Å². The molecule has 1 N–H and O–H groups in total. The standard InChI is InChI=1S/C11H9BrN2O3S/c1-6-2-3-7(8(12)4-6)10-13-11(17-14-10)18-5-9(15)16/h2-4H,5H2,1H3,(H,15,16). The van der Waals surface area contributed by atoms with Crippen LogP contribution in [0.4, 0.5) is 0 Å². The summed E-state index contributed by atoms with van der Waals surface area (Å²) in [5.74, 6) is -0.581. The lowest BCUT2D eigenvalue weighted by Gasteiger charge is -1.99. The molecule has 7 heteroatoms. The second-order valence-corrected chi connectivity index (χ2v) is 5.33. The van der Waals surface area contributed by atoms with Crippen LogP contribution in [0.15, 0.2) is 32.4 Å². The topological polar surface area (TPSA) is 76.2 Å². The number of carboxylic acids is 1. The minimum Gasteiger partial charge on any atom is -0.481 e. The van der Waals surface area contributed by atoms with Gasteiger partial charge >= 0.3 is 5.97 Å². The predicted octanol–water partition coefficient (Wildman–Crippen LogP) is 2.98. The van der Waals surface area contributed by atoms with Crippen molar-refractivity contribution in [3.05, 3.63) is 28.2 Å². The Bertz CT molecular complexity index is 585. The van der Waals surface area contributed by atoms with E-state index in [1.807, 2.05) is 25.1 Å². The van der Waals surface area contributed by atoms with E-state index in [0.29, 0.717) is 5.82 Å². The zero-order chi connectivity index (χ0) is 13.1. The summed E-state index contributed by atoms with van der Waals surface area (Å²) in [7, 11) is 0. The van der Waals surface area contributed by atoms with Gasteiger partial charge in [0.15, 0.2) is 0 Å². The first-order valence-electron chi connectivity index (χ1n) is 5.01. The fraction of sp³-hybridized carbons (Fsp3) is 0.182. The van der Waals surface area contributed by atoms with Crippen molar-refractivity contribution in [3.8, 4) is 11.4 Å². The van der Waals surface area contributed by atoms with Crippen molar-refractivity contribution in [2.45, 2.75) is 12.1 Å². The van der Waals surface area contributed by atoms with Crippen LogP contribution in [0, 0.1) is 6.92 Å². The molecule has 94 valence electrons. The van der Waals surface area contributed by atoms with Crippen molar-refractivity contribution in [2.24, 2.45) is 0 Å². The summed E-state index contributed by atoms with van der Waals surface area (Å²) in [5, 5.41) is 12.6. The quantitative estimate of drug-likeness (QED) is 0.869. The van der Waals surface area contributed by atoms with E-state index in [1.165, 1.54) is 0 Å². The van der Waals surface area contributed by atoms with Gasteiger partial charge in [-0.1, -0.05) is 38.9 Å². The largest absolute Gasteiger partial charge is 0.481 e. The molecule has 1 heterocycles. The molecule has 0 spiro atoms. The van der Waals surface area contributed by atoms with E-state index in [1.54, 1.807) is 0 Å². The first-order chi connectivity index (χ1) is 8.56. The lowest BCUT2D eigenvalue weighted by atomic mass is 10.1. The highest BCUT2D eigenvalue weighted by molar-refractivity contribution is 9.10. The molecule has 18 heavy (non-hydrogen) atoms. The van der Waals surface area contributed by atoms with Crippen LogP contribution in [-0.4, -0.2) is 27.0 Å². The summed E-state index contributed by atoms with van der Waals surface area (Å²) >= 11 is 4.43. The Morgan fingerprint density at radius 3 is 3.00 bits per heavy atom. The molecule has 0 aliphatic rings. The highest BCUT2D eigenvalue weighted by Crippen LogP contribution is 2.28. The molecule has 0 fully saturated rings. The van der Waals surface area contributed by atoms with Gasteiger partial charge in [-0.25, -0.2) is 0 Å². The van der Waals surface area contributed by atoms with E-state index in [9.17, 15) is 4.79 Å². The number of hydrogen-bond donors (Lipinski definition) is 1. The zero-order valence-corrected chi connectivity index (χ0v) is 11.8. The molecule has 1 aromatic carbocycles. The molecule has 1 aromatic heterocycles. The van der Waals surface area contributed by atoms with E-state index >= 15 is 0 Å². The van der Waals surface area contributed by atoms with Gasteiger partial charge in [-0.3, -0.25) is 4.79 Å². The fourth-order valence-corrected chi connectivity index (χ4v) is 2.46. The molecule has 0 atom stereocenters. The number of aliphatic carboxylic acids is 1. The van der Waals surface area contributed by atoms with Crippen LogP contribution < -0.4 is 0 Å². The van der Waals surface area contributed by atoms with Crippen LogP contribution in [0.25, 0.3) is 11.4 Å². The van der Waals surface area contributed by atoms with Gasteiger partial charge in [-0.15, -0.1) is 0 Å². The number of hydrogen-bond acceptors (Lipinski definition) is 5. The van der Waals surface area contributed by atoms with Gasteiger partial charge in [0.05, 0.1) is 0 Å². The third kappa shape index (κ3) is 3.11. The molecule has 0 radical (unpaired) electrons. The smallest absolute Gasteiger partial charge is 0.314 e. The maximum absolute atomic E-state index is 10.4. The molecule has 2 rings (SSSR count). The third-order valence-corrected chi connectivity index (χ3v) is 3.55. The second-order valence-electron chi connectivity index (χ2n) is 3.55. The maximum atomic E-state index is 10.4. The molecular weight excluding hydrogens is 320 g/mol. The zero-order valence-electron chi connectivity index (χ0n) is 9.38. The van der Waals surface area contributed by atoms with Crippen LogP contribution in [0.2, 0.25) is 0 Å². The molecule has 0 saturated heterocycles. The highest BCUT2D eigenvalue weighted by atomic mass is 79.9. The molecule has 0 aliphatic carbocycles. The summed E-state index contributed by atoms with van der Waals surface area (Å²) in [6.07, 6.45) is 0. The minimum atomic E-state index is -0.920. The predicted molar refractivity (Wildman–Crippen MR) is 70.5 cm³/mol. The van der Waals surface area contributed by atoms with E-state index < -0.39 is 5.97 Å². The number of benzene rings is 1. The number of aryl methyl sites for hydroxylation is 1. The van der Waals surface area contributed by atoms with E-state index in [4.69, 9.17) is 9.63 Å². The first kappa shape index (κ1) is 13.1. The average Bonchev–Trinajstić information content (AvgIpc) is 2.75. The Labute approximate surface area is 116 Å². The van der Waals surface area contributed by atoms with Crippen molar-refractivity contribution in [1.29, 1.82) is 0 Å². The van der Waals surface area contributed by atoms with Crippen LogP contribution in [-0.2, 0) is 4.79 Å². The number of nitrogens with zero attached hydrogens (tertiary/aromatic N) is 2. The van der Waals surface area contributed by atoms with Crippen molar-refractivity contribution in [1.82, 2.24) is 10.1 Å². The molecule has 0 aliphatic heterocycles. The molecule has 0 bridgehead atoms. The van der Waals surface area contributed by atoms with Crippen LogP contribution >= 0.6 is 27.7 Å². The number of aromatic nitrogens is 2. The summed E-state index contributed by atoms with van der Waals surface area (Å²) in [4.78, 5) is 14.6. The van der Waals surface area contributed by atoms with Gasteiger partial charge in [0.25, 0.3) is 5.22 Å². The first-order valence-corrected chi connectivity index (χ1v) is 6.79. The SMILES string of the molecule is Cc1ccc(-c2noc(SCC(=O)O)n2)c(Br)c1. The van der Waals surface area contributed by atoms with Crippen molar-refractivity contribution < 1.29 is 14.4 Å². The Morgan fingerprint density at radius 2 is 2.33 bits per heavy atom. The van der Waals surface area contributed by atoms with Crippen molar-refractivity contribution >= 4 is 33.7 Å².